The van der Waals surface area contributed by atoms with Gasteiger partial charge in [0.1, 0.15) is 5.75 Å². The van der Waals surface area contributed by atoms with Gasteiger partial charge in [0.2, 0.25) is 0 Å². The number of anilines is 1. The third-order valence-corrected chi connectivity index (χ3v) is 3.49. The first kappa shape index (κ1) is 14.7. The number of likely N-dealkylation sites (tertiary alicyclic amines) is 1. The van der Waals surface area contributed by atoms with Crippen molar-refractivity contribution in [1.82, 2.24) is 9.80 Å². The van der Waals surface area contributed by atoms with E-state index in [1.54, 1.807) is 12.1 Å². The number of nitrogens with two attached hydrogens (primary N) is 1. The molecule has 2 N–H and O–H groups in total. The van der Waals surface area contributed by atoms with Gasteiger partial charge in [0, 0.05) is 30.9 Å². The Morgan fingerprint density at radius 3 is 3.00 bits per heavy atom. The van der Waals surface area contributed by atoms with E-state index in [1.165, 1.54) is 0 Å². The van der Waals surface area contributed by atoms with E-state index >= 15 is 0 Å². The van der Waals surface area contributed by atoms with Crippen LogP contribution < -0.4 is 10.5 Å². The summed E-state index contributed by atoms with van der Waals surface area (Å²) in [5.74, 6) is 0.693. The van der Waals surface area contributed by atoms with Gasteiger partial charge in [0.25, 0.3) is 5.91 Å². The van der Waals surface area contributed by atoms with Gasteiger partial charge < -0.3 is 20.3 Å². The molecule has 5 heteroatoms. The van der Waals surface area contributed by atoms with E-state index in [9.17, 15) is 4.79 Å². The van der Waals surface area contributed by atoms with Crippen LogP contribution in [0.2, 0.25) is 0 Å². The van der Waals surface area contributed by atoms with Gasteiger partial charge in [0.05, 0.1) is 0 Å². The molecule has 1 atom stereocenters. The summed E-state index contributed by atoms with van der Waals surface area (Å²) in [4.78, 5) is 16.3. The Balaban J connectivity index is 1.88. The Bertz CT molecular complexity index is 462. The predicted molar refractivity (Wildman–Crippen MR) is 79.6 cm³/mol. The van der Waals surface area contributed by atoms with E-state index in [0.717, 1.165) is 25.9 Å². The number of amides is 1. The van der Waals surface area contributed by atoms with E-state index in [2.05, 4.69) is 4.90 Å². The molecule has 0 radical (unpaired) electrons. The minimum Gasteiger partial charge on any atom is -0.484 e. The molecule has 110 valence electrons. The van der Waals surface area contributed by atoms with Crippen molar-refractivity contribution in [1.29, 1.82) is 0 Å². The summed E-state index contributed by atoms with van der Waals surface area (Å²) in [6, 6.07) is 7.46. The van der Waals surface area contributed by atoms with Crippen LogP contribution in [0.25, 0.3) is 0 Å². The largest absolute Gasteiger partial charge is 0.484 e. The highest BCUT2D eigenvalue weighted by Gasteiger charge is 2.28. The van der Waals surface area contributed by atoms with Gasteiger partial charge in [-0.25, -0.2) is 0 Å². The van der Waals surface area contributed by atoms with E-state index in [0.29, 0.717) is 17.5 Å². The van der Waals surface area contributed by atoms with Crippen molar-refractivity contribution < 1.29 is 9.53 Å². The minimum atomic E-state index is 0.0526. The van der Waals surface area contributed by atoms with Gasteiger partial charge in [-0.3, -0.25) is 4.79 Å². The molecule has 1 aliphatic heterocycles. The Morgan fingerprint density at radius 2 is 2.30 bits per heavy atom. The number of ether oxygens (including phenoxy) is 1. The van der Waals surface area contributed by atoms with Crippen molar-refractivity contribution >= 4 is 11.6 Å². The van der Waals surface area contributed by atoms with Gasteiger partial charge >= 0.3 is 0 Å². The van der Waals surface area contributed by atoms with Crippen LogP contribution in [0, 0.1) is 0 Å². The second kappa shape index (κ2) is 6.61. The summed E-state index contributed by atoms with van der Waals surface area (Å²) < 4.78 is 5.53. The maximum absolute atomic E-state index is 12.2. The fourth-order valence-electron chi connectivity index (χ4n) is 2.61. The average molecular weight is 277 g/mol. The summed E-state index contributed by atoms with van der Waals surface area (Å²) >= 11 is 0. The number of carbonyl (C=O) groups is 1. The lowest BCUT2D eigenvalue weighted by Crippen LogP contribution is -2.43. The molecule has 0 aromatic heterocycles. The molecule has 5 nitrogen and oxygen atoms in total. The molecule has 0 spiro atoms. The highest BCUT2D eigenvalue weighted by Crippen LogP contribution is 2.19. The number of likely N-dealkylation sites (N-methyl/N-ethyl adjacent to an activating group) is 1. The molecule has 1 aliphatic rings. The predicted octanol–water partition coefficient (Wildman–Crippen LogP) is 1.20. The van der Waals surface area contributed by atoms with Crippen LogP contribution in [0.3, 0.4) is 0 Å². The van der Waals surface area contributed by atoms with Crippen LogP contribution in [0.5, 0.6) is 5.75 Å². The number of benzene rings is 1. The van der Waals surface area contributed by atoms with Crippen LogP contribution in [-0.2, 0) is 4.79 Å². The summed E-state index contributed by atoms with van der Waals surface area (Å²) in [6.07, 6.45) is 2.14. The van der Waals surface area contributed by atoms with Crippen molar-refractivity contribution in [2.45, 2.75) is 18.9 Å². The summed E-state index contributed by atoms with van der Waals surface area (Å²) in [5, 5.41) is 0. The number of carbonyl (C=O) groups excluding carboxylic acids is 1. The standard InChI is InChI=1S/C15H23N3O2/c1-17(2)10-13-6-4-8-18(13)15(19)11-20-14-7-3-5-12(16)9-14/h3,5,7,9,13H,4,6,8,10-11,16H2,1-2H3. The molecule has 1 aromatic rings. The topological polar surface area (TPSA) is 58.8 Å². The van der Waals surface area contributed by atoms with Crippen LogP contribution >= 0.6 is 0 Å². The molecule has 1 unspecified atom stereocenters. The van der Waals surface area contributed by atoms with Gasteiger partial charge in [-0.1, -0.05) is 6.07 Å². The molecular weight excluding hydrogens is 254 g/mol. The van der Waals surface area contributed by atoms with Gasteiger partial charge in [-0.2, -0.15) is 0 Å². The number of nitrogen functional groups attached to an aromatic ring is 1. The molecular formula is C15H23N3O2. The van der Waals surface area contributed by atoms with E-state index in [-0.39, 0.29) is 12.5 Å². The Hall–Kier alpha value is -1.75. The third-order valence-electron chi connectivity index (χ3n) is 3.49. The normalized spacial score (nSPS) is 18.6. The molecule has 0 saturated carbocycles. The lowest BCUT2D eigenvalue weighted by Gasteiger charge is -2.27. The number of hydrogen-bond acceptors (Lipinski definition) is 4. The minimum absolute atomic E-state index is 0.0526. The van der Waals surface area contributed by atoms with E-state index in [1.807, 2.05) is 31.1 Å². The molecule has 0 bridgehead atoms. The quantitative estimate of drug-likeness (QED) is 0.822. The summed E-state index contributed by atoms with van der Waals surface area (Å²) in [6.45, 7) is 1.81. The third kappa shape index (κ3) is 3.87. The molecule has 0 aliphatic carbocycles. The summed E-state index contributed by atoms with van der Waals surface area (Å²) in [5.41, 5.74) is 6.32. The lowest BCUT2D eigenvalue weighted by molar-refractivity contribution is -0.134. The first-order chi connectivity index (χ1) is 9.56. The van der Waals surface area contributed by atoms with E-state index in [4.69, 9.17) is 10.5 Å². The van der Waals surface area contributed by atoms with E-state index < -0.39 is 0 Å². The molecule has 1 heterocycles. The molecule has 1 amide bonds. The van der Waals surface area contributed by atoms with Crippen LogP contribution in [-0.4, -0.2) is 55.5 Å². The monoisotopic (exact) mass is 277 g/mol. The first-order valence-electron chi connectivity index (χ1n) is 6.99. The fraction of sp³-hybridized carbons (Fsp3) is 0.533. The Kier molecular flexibility index (Phi) is 4.84. The lowest BCUT2D eigenvalue weighted by atomic mass is 10.2. The molecule has 1 aromatic carbocycles. The Labute approximate surface area is 120 Å². The zero-order valence-electron chi connectivity index (χ0n) is 12.2. The molecule has 1 saturated heterocycles. The van der Waals surface area contributed by atoms with Gasteiger partial charge in [-0.05, 0) is 39.1 Å². The first-order valence-corrected chi connectivity index (χ1v) is 6.99. The van der Waals surface area contributed by atoms with Crippen LogP contribution in [0.1, 0.15) is 12.8 Å². The number of hydrogen-bond donors (Lipinski definition) is 1. The maximum atomic E-state index is 12.2. The van der Waals surface area contributed by atoms with Gasteiger partial charge in [-0.15, -0.1) is 0 Å². The zero-order chi connectivity index (χ0) is 14.5. The zero-order valence-corrected chi connectivity index (χ0v) is 12.2. The Morgan fingerprint density at radius 1 is 1.50 bits per heavy atom. The van der Waals surface area contributed by atoms with Crippen molar-refractivity contribution in [3.8, 4) is 5.75 Å². The van der Waals surface area contributed by atoms with Gasteiger partial charge in [0.15, 0.2) is 6.61 Å². The average Bonchev–Trinajstić information content (AvgIpc) is 2.83. The second-order valence-corrected chi connectivity index (χ2v) is 5.51. The number of rotatable bonds is 5. The maximum Gasteiger partial charge on any atom is 0.260 e. The van der Waals surface area contributed by atoms with Crippen molar-refractivity contribution in [3.63, 3.8) is 0 Å². The molecule has 1 fully saturated rings. The SMILES string of the molecule is CN(C)CC1CCCN1C(=O)COc1cccc(N)c1. The van der Waals surface area contributed by atoms with Crippen molar-refractivity contribution in [2.75, 3.05) is 39.5 Å². The van der Waals surface area contributed by atoms with Crippen LogP contribution in [0.15, 0.2) is 24.3 Å². The molecule has 20 heavy (non-hydrogen) atoms. The fourth-order valence-corrected chi connectivity index (χ4v) is 2.61. The summed E-state index contributed by atoms with van der Waals surface area (Å²) in [7, 11) is 4.06. The van der Waals surface area contributed by atoms with Crippen molar-refractivity contribution in [3.05, 3.63) is 24.3 Å². The molecule has 2 rings (SSSR count). The highest BCUT2D eigenvalue weighted by atomic mass is 16.5. The smallest absolute Gasteiger partial charge is 0.260 e. The number of nitrogens with zero attached hydrogens (tertiary/aromatic N) is 2. The van der Waals surface area contributed by atoms with Crippen molar-refractivity contribution in [2.24, 2.45) is 0 Å². The highest BCUT2D eigenvalue weighted by molar-refractivity contribution is 5.78. The second-order valence-electron chi connectivity index (χ2n) is 5.51. The van der Waals surface area contributed by atoms with Crippen LogP contribution in [0.4, 0.5) is 5.69 Å².